The maximum Gasteiger partial charge on any atom is 0.387 e. The van der Waals surface area contributed by atoms with Crippen LogP contribution in [0.25, 0.3) is 10.9 Å². The fourth-order valence-electron chi connectivity index (χ4n) is 3.12. The van der Waals surface area contributed by atoms with E-state index in [0.717, 1.165) is 21.4 Å². The van der Waals surface area contributed by atoms with Gasteiger partial charge < -0.3 is 9.15 Å². The number of Topliss-reactive ketones (excluding diaryl/α,β-unsaturated/α-hetero) is 1. The van der Waals surface area contributed by atoms with E-state index in [1.165, 1.54) is 30.2 Å². The number of rotatable bonds is 8. The summed E-state index contributed by atoms with van der Waals surface area (Å²) in [6.07, 6.45) is 3.36. The molecule has 152 valence electrons. The molecule has 0 aliphatic heterocycles. The first kappa shape index (κ1) is 20.1. The normalized spacial score (nSPS) is 12.2. The van der Waals surface area contributed by atoms with Gasteiger partial charge in [-0.2, -0.15) is 8.78 Å². The van der Waals surface area contributed by atoms with Crippen molar-refractivity contribution in [2.24, 2.45) is 0 Å². The Kier molecular flexibility index (Phi) is 6.09. The van der Waals surface area contributed by atoms with E-state index in [9.17, 15) is 13.6 Å². The molecule has 0 spiro atoms. The standard InChI is InChI=1S/C23H17F2NO3S/c24-23(25)29-17-10-8-15(9-11-17)21(14-18(27)19-6-3-13-28-19)30-20-7-1-4-16-5-2-12-26-22(16)20/h1-13,21,23H,14H2. The number of halogens is 2. The fourth-order valence-corrected chi connectivity index (χ4v) is 4.40. The number of alkyl halides is 2. The number of ketones is 1. The summed E-state index contributed by atoms with van der Waals surface area (Å²) in [4.78, 5) is 18.1. The molecule has 0 bridgehead atoms. The van der Waals surface area contributed by atoms with Gasteiger partial charge in [-0.3, -0.25) is 9.78 Å². The van der Waals surface area contributed by atoms with Gasteiger partial charge in [0.05, 0.1) is 11.8 Å². The SMILES string of the molecule is O=C(CC(Sc1cccc2cccnc12)c1ccc(OC(F)F)cc1)c1ccco1. The number of nitrogens with zero attached hydrogens (tertiary/aromatic N) is 1. The van der Waals surface area contributed by atoms with Crippen LogP contribution in [0, 0.1) is 0 Å². The van der Waals surface area contributed by atoms with Crippen molar-refractivity contribution in [2.75, 3.05) is 0 Å². The van der Waals surface area contributed by atoms with E-state index in [0.29, 0.717) is 0 Å². The minimum absolute atomic E-state index is 0.0710. The second-order valence-electron chi connectivity index (χ2n) is 6.49. The van der Waals surface area contributed by atoms with E-state index < -0.39 is 6.61 Å². The summed E-state index contributed by atoms with van der Waals surface area (Å²) < 4.78 is 34.6. The summed E-state index contributed by atoms with van der Waals surface area (Å²) in [5, 5.41) is 0.732. The Hall–Kier alpha value is -3.19. The number of ether oxygens (including phenoxy) is 1. The van der Waals surface area contributed by atoms with Crippen molar-refractivity contribution >= 4 is 28.4 Å². The molecule has 0 saturated heterocycles. The van der Waals surface area contributed by atoms with Gasteiger partial charge in [0.15, 0.2) is 11.5 Å². The minimum atomic E-state index is -2.89. The Morgan fingerprint density at radius 1 is 1.03 bits per heavy atom. The minimum Gasteiger partial charge on any atom is -0.461 e. The van der Waals surface area contributed by atoms with Crippen LogP contribution in [0.3, 0.4) is 0 Å². The van der Waals surface area contributed by atoms with Crippen LogP contribution in [0.1, 0.15) is 27.8 Å². The lowest BCUT2D eigenvalue weighted by molar-refractivity contribution is -0.0498. The highest BCUT2D eigenvalue weighted by molar-refractivity contribution is 7.99. The number of aromatic nitrogens is 1. The van der Waals surface area contributed by atoms with Gasteiger partial charge in [-0.15, -0.1) is 11.8 Å². The smallest absolute Gasteiger partial charge is 0.387 e. The van der Waals surface area contributed by atoms with Crippen LogP contribution >= 0.6 is 11.8 Å². The lowest BCUT2D eigenvalue weighted by Crippen LogP contribution is -2.06. The van der Waals surface area contributed by atoms with Crippen LogP contribution in [0.4, 0.5) is 8.78 Å². The number of hydrogen-bond donors (Lipinski definition) is 0. The number of fused-ring (bicyclic) bond motifs is 1. The van der Waals surface area contributed by atoms with Crippen LogP contribution in [0.2, 0.25) is 0 Å². The molecule has 0 aliphatic rings. The van der Waals surface area contributed by atoms with Crippen molar-refractivity contribution in [3.63, 3.8) is 0 Å². The lowest BCUT2D eigenvalue weighted by Gasteiger charge is -2.17. The van der Waals surface area contributed by atoms with E-state index in [1.807, 2.05) is 30.3 Å². The third-order valence-electron chi connectivity index (χ3n) is 4.51. The van der Waals surface area contributed by atoms with Crippen molar-refractivity contribution in [1.82, 2.24) is 4.98 Å². The molecular weight excluding hydrogens is 408 g/mol. The fraction of sp³-hybridized carbons (Fsp3) is 0.130. The lowest BCUT2D eigenvalue weighted by atomic mass is 10.1. The zero-order valence-corrected chi connectivity index (χ0v) is 16.5. The molecule has 4 aromatic rings. The van der Waals surface area contributed by atoms with E-state index in [1.54, 1.807) is 30.5 Å². The van der Waals surface area contributed by atoms with Gasteiger partial charge in [0.2, 0.25) is 0 Å². The van der Waals surface area contributed by atoms with Crippen molar-refractivity contribution in [3.05, 3.63) is 90.5 Å². The maximum absolute atomic E-state index is 12.7. The summed E-state index contributed by atoms with van der Waals surface area (Å²) in [7, 11) is 0. The predicted molar refractivity (Wildman–Crippen MR) is 111 cm³/mol. The van der Waals surface area contributed by atoms with E-state index in [2.05, 4.69) is 9.72 Å². The highest BCUT2D eigenvalue weighted by Gasteiger charge is 2.21. The zero-order chi connectivity index (χ0) is 20.9. The quantitative estimate of drug-likeness (QED) is 0.237. The number of furan rings is 1. The number of para-hydroxylation sites is 1. The molecule has 4 nitrogen and oxygen atoms in total. The zero-order valence-electron chi connectivity index (χ0n) is 15.7. The second kappa shape index (κ2) is 9.09. The first-order chi connectivity index (χ1) is 14.6. The second-order valence-corrected chi connectivity index (χ2v) is 7.73. The van der Waals surface area contributed by atoms with Crippen LogP contribution in [0.5, 0.6) is 5.75 Å². The molecule has 30 heavy (non-hydrogen) atoms. The molecule has 7 heteroatoms. The van der Waals surface area contributed by atoms with Crippen molar-refractivity contribution in [3.8, 4) is 5.75 Å². The van der Waals surface area contributed by atoms with Gasteiger partial charge in [0, 0.05) is 28.1 Å². The summed E-state index contributed by atoms with van der Waals surface area (Å²) in [5.41, 5.74) is 1.66. The molecule has 0 N–H and O–H groups in total. The van der Waals surface area contributed by atoms with Gasteiger partial charge >= 0.3 is 6.61 Å². The largest absolute Gasteiger partial charge is 0.461 e. The van der Waals surface area contributed by atoms with Crippen molar-refractivity contribution in [1.29, 1.82) is 0 Å². The average molecular weight is 425 g/mol. The van der Waals surface area contributed by atoms with Gasteiger partial charge in [-0.05, 0) is 42.0 Å². The Morgan fingerprint density at radius 2 is 1.83 bits per heavy atom. The van der Waals surface area contributed by atoms with E-state index >= 15 is 0 Å². The van der Waals surface area contributed by atoms with E-state index in [4.69, 9.17) is 4.42 Å². The highest BCUT2D eigenvalue weighted by Crippen LogP contribution is 2.41. The van der Waals surface area contributed by atoms with Crippen LogP contribution in [-0.4, -0.2) is 17.4 Å². The van der Waals surface area contributed by atoms with Gasteiger partial charge in [-0.1, -0.05) is 30.3 Å². The molecule has 0 fully saturated rings. The van der Waals surface area contributed by atoms with Crippen LogP contribution < -0.4 is 4.74 Å². The molecule has 2 aromatic heterocycles. The molecular formula is C23H17F2NO3S. The Bertz CT molecular complexity index is 1130. The molecule has 0 aliphatic carbocycles. The molecule has 1 unspecified atom stereocenters. The average Bonchev–Trinajstić information content (AvgIpc) is 3.29. The Labute approximate surface area is 175 Å². The molecule has 2 aromatic carbocycles. The molecule has 0 radical (unpaired) electrons. The van der Waals surface area contributed by atoms with Gasteiger partial charge in [0.25, 0.3) is 0 Å². The molecule has 1 atom stereocenters. The third kappa shape index (κ3) is 4.68. The summed E-state index contributed by atoms with van der Waals surface area (Å²) in [6, 6.07) is 19.4. The van der Waals surface area contributed by atoms with Gasteiger partial charge in [0.1, 0.15) is 5.75 Å². The summed E-state index contributed by atoms with van der Waals surface area (Å²) >= 11 is 1.50. The maximum atomic E-state index is 12.7. The number of hydrogen-bond acceptors (Lipinski definition) is 5. The third-order valence-corrected chi connectivity index (χ3v) is 5.82. The summed E-state index contributed by atoms with van der Waals surface area (Å²) in [6.45, 7) is -2.89. The van der Waals surface area contributed by atoms with Crippen LogP contribution in [-0.2, 0) is 0 Å². The van der Waals surface area contributed by atoms with Crippen molar-refractivity contribution in [2.45, 2.75) is 23.2 Å². The molecule has 4 rings (SSSR count). The van der Waals surface area contributed by atoms with E-state index in [-0.39, 0.29) is 29.0 Å². The van der Waals surface area contributed by atoms with Crippen LogP contribution in [0.15, 0.2) is 88.5 Å². The Balaban J connectivity index is 1.65. The monoisotopic (exact) mass is 425 g/mol. The number of benzene rings is 2. The van der Waals surface area contributed by atoms with Crippen molar-refractivity contribution < 1.29 is 22.7 Å². The molecule has 0 amide bonds. The Morgan fingerprint density at radius 3 is 2.57 bits per heavy atom. The first-order valence-corrected chi connectivity index (χ1v) is 10.1. The number of carbonyl (C=O) groups is 1. The van der Waals surface area contributed by atoms with Gasteiger partial charge in [-0.25, -0.2) is 0 Å². The number of carbonyl (C=O) groups excluding carboxylic acids is 1. The molecule has 0 saturated carbocycles. The number of pyridine rings is 1. The number of thioether (sulfide) groups is 1. The topological polar surface area (TPSA) is 52.3 Å². The highest BCUT2D eigenvalue weighted by atomic mass is 32.2. The summed E-state index contributed by atoms with van der Waals surface area (Å²) in [5.74, 6) is 0.217. The first-order valence-electron chi connectivity index (χ1n) is 9.22. The predicted octanol–water partition coefficient (Wildman–Crippen LogP) is 6.54. The molecule has 2 heterocycles.